The Morgan fingerprint density at radius 2 is 0.567 bits per heavy atom. The summed E-state index contributed by atoms with van der Waals surface area (Å²) in [7, 11) is -4.66. The fraction of sp³-hybridized carbons (Fsp3) is 0.983. The van der Waals surface area contributed by atoms with Crippen molar-refractivity contribution >= 4 is 13.8 Å². The van der Waals surface area contributed by atoms with Gasteiger partial charge < -0.3 is 19.3 Å². The molecule has 0 unspecified atom stereocenters. The Hall–Kier alpha value is -0.460. The van der Waals surface area contributed by atoms with E-state index in [1.165, 1.54) is 295 Å². The molecule has 7 nitrogen and oxygen atoms in total. The van der Waals surface area contributed by atoms with Crippen LogP contribution in [0.3, 0.4) is 0 Å². The molecule has 0 fully saturated rings. The van der Waals surface area contributed by atoms with Gasteiger partial charge in [-0.15, -0.1) is 0 Å². The maximum atomic E-state index is 12.5. The molecule has 0 aliphatic carbocycles. The normalized spacial score (nSPS) is 12.4. The minimum atomic E-state index is -4.66. The molecule has 402 valence electrons. The molecule has 0 amide bonds. The van der Waals surface area contributed by atoms with Crippen LogP contribution in [0.25, 0.3) is 0 Å². The molecule has 0 saturated carbocycles. The van der Waals surface area contributed by atoms with Crippen LogP contribution in [0.1, 0.15) is 348 Å². The van der Waals surface area contributed by atoms with Gasteiger partial charge in [0.2, 0.25) is 0 Å². The Morgan fingerprint density at radius 3 is 0.806 bits per heavy atom. The fourth-order valence-electron chi connectivity index (χ4n) is 9.68. The average Bonchev–Trinajstić information content (AvgIpc) is 3.31. The van der Waals surface area contributed by atoms with Crippen molar-refractivity contribution in [3.8, 4) is 0 Å². The third kappa shape index (κ3) is 59.8. The number of phosphoric ester groups is 1. The van der Waals surface area contributed by atoms with Crippen molar-refractivity contribution in [1.82, 2.24) is 0 Å². The maximum absolute atomic E-state index is 12.5. The van der Waals surface area contributed by atoms with Crippen LogP contribution in [-0.4, -0.2) is 41.7 Å². The van der Waals surface area contributed by atoms with E-state index in [-0.39, 0.29) is 19.2 Å². The highest BCUT2D eigenvalue weighted by atomic mass is 31.2. The molecule has 0 radical (unpaired) electrons. The van der Waals surface area contributed by atoms with E-state index in [0.29, 0.717) is 13.0 Å². The number of ether oxygens (including phenoxy) is 2. The van der Waals surface area contributed by atoms with E-state index < -0.39 is 13.9 Å². The molecule has 0 aliphatic rings. The molecule has 0 aliphatic heterocycles. The largest absolute Gasteiger partial charge is 0.469 e. The Labute approximate surface area is 419 Å². The van der Waals surface area contributed by atoms with Gasteiger partial charge >= 0.3 is 13.8 Å². The lowest BCUT2D eigenvalue weighted by Crippen LogP contribution is -2.28. The summed E-state index contributed by atoms with van der Waals surface area (Å²) < 4.78 is 27.2. The van der Waals surface area contributed by atoms with Crippen LogP contribution in [0, 0.1) is 0 Å². The number of carbonyl (C=O) groups excluding carboxylic acids is 1. The van der Waals surface area contributed by atoms with Crippen LogP contribution in [0.2, 0.25) is 0 Å². The van der Waals surface area contributed by atoms with Crippen molar-refractivity contribution < 1.29 is 33.1 Å². The van der Waals surface area contributed by atoms with Gasteiger partial charge in [-0.05, 0) is 12.8 Å². The van der Waals surface area contributed by atoms with E-state index in [1.54, 1.807) is 0 Å². The summed E-state index contributed by atoms with van der Waals surface area (Å²) in [5.74, 6) is -0.350. The van der Waals surface area contributed by atoms with E-state index in [2.05, 4.69) is 18.4 Å². The van der Waals surface area contributed by atoms with Gasteiger partial charge in [-0.25, -0.2) is 4.57 Å². The lowest BCUT2D eigenvalue weighted by Gasteiger charge is -2.18. The molecule has 0 aromatic heterocycles. The zero-order chi connectivity index (χ0) is 48.7. The quantitative estimate of drug-likeness (QED) is 0.0356. The highest BCUT2D eigenvalue weighted by Gasteiger charge is 2.21. The van der Waals surface area contributed by atoms with Crippen LogP contribution in [-0.2, 0) is 23.4 Å². The topological polar surface area (TPSA) is 102 Å². The van der Waals surface area contributed by atoms with E-state index in [9.17, 15) is 19.1 Å². The SMILES string of the molecule is CCCCCCCCCCCCCCCCCCCCCCCCCCCCCCCCCCCC(=O)O[C@H](COCCCCCCCCCCCCCCCCCCCC)COP(=O)(O)O. The summed E-state index contributed by atoms with van der Waals surface area (Å²) in [4.78, 5) is 30.9. The maximum Gasteiger partial charge on any atom is 0.469 e. The van der Waals surface area contributed by atoms with Crippen molar-refractivity contribution in [2.24, 2.45) is 0 Å². The van der Waals surface area contributed by atoms with E-state index in [0.717, 1.165) is 32.1 Å². The molecule has 0 spiro atoms. The molecule has 0 saturated heterocycles. The van der Waals surface area contributed by atoms with Crippen molar-refractivity contribution in [3.05, 3.63) is 0 Å². The molecule has 1 atom stereocenters. The van der Waals surface area contributed by atoms with Gasteiger partial charge in [-0.2, -0.15) is 0 Å². The van der Waals surface area contributed by atoms with Gasteiger partial charge in [0.15, 0.2) is 0 Å². The summed E-state index contributed by atoms with van der Waals surface area (Å²) in [6.45, 7) is 4.85. The molecule has 0 aromatic carbocycles. The average molecular weight is 972 g/mol. The third-order valence-corrected chi connectivity index (χ3v) is 14.6. The molecule has 0 bridgehead atoms. The predicted molar refractivity (Wildman–Crippen MR) is 290 cm³/mol. The van der Waals surface area contributed by atoms with Crippen LogP contribution in [0.4, 0.5) is 0 Å². The number of unbranched alkanes of at least 4 members (excludes halogenated alkanes) is 49. The number of carbonyl (C=O) groups is 1. The number of phosphoric acid groups is 1. The van der Waals surface area contributed by atoms with E-state index in [4.69, 9.17) is 9.47 Å². The minimum Gasteiger partial charge on any atom is -0.457 e. The highest BCUT2D eigenvalue weighted by molar-refractivity contribution is 7.46. The lowest BCUT2D eigenvalue weighted by atomic mass is 10.0. The number of esters is 1. The summed E-state index contributed by atoms with van der Waals surface area (Å²) in [6.07, 6.45) is 68.8. The first kappa shape index (κ1) is 66.5. The first-order chi connectivity index (χ1) is 32.9. The predicted octanol–water partition coefficient (Wildman–Crippen LogP) is 20.3. The fourth-order valence-corrected chi connectivity index (χ4v) is 10.0. The highest BCUT2D eigenvalue weighted by Crippen LogP contribution is 2.36. The van der Waals surface area contributed by atoms with Gasteiger partial charge in [0, 0.05) is 13.0 Å². The monoisotopic (exact) mass is 971 g/mol. The third-order valence-electron chi connectivity index (χ3n) is 14.2. The first-order valence-corrected chi connectivity index (χ1v) is 31.9. The second-order valence-electron chi connectivity index (χ2n) is 21.0. The van der Waals surface area contributed by atoms with E-state index >= 15 is 0 Å². The standard InChI is InChI=1S/C59H119O7P/c1-3-5-7-9-11-13-15-17-19-21-23-24-25-26-27-28-29-30-31-32-33-34-35-36-37-38-40-42-44-46-48-50-52-54-59(60)66-58(57-65-67(61,62)63)56-64-55-53-51-49-47-45-43-41-39-22-20-18-16-14-12-10-8-6-4-2/h58H,3-57H2,1-2H3,(H2,61,62,63)/t58-/m1/s1. The molecule has 67 heavy (non-hydrogen) atoms. The van der Waals surface area contributed by atoms with Crippen molar-refractivity contribution in [3.63, 3.8) is 0 Å². The summed E-state index contributed by atoms with van der Waals surface area (Å²) >= 11 is 0. The molecule has 0 aromatic rings. The molecule has 0 heterocycles. The Morgan fingerprint density at radius 1 is 0.343 bits per heavy atom. The van der Waals surface area contributed by atoms with Crippen LogP contribution < -0.4 is 0 Å². The first-order valence-electron chi connectivity index (χ1n) is 30.4. The minimum absolute atomic E-state index is 0.0877. The van der Waals surface area contributed by atoms with Crippen LogP contribution in [0.5, 0.6) is 0 Å². The van der Waals surface area contributed by atoms with Gasteiger partial charge in [0.25, 0.3) is 0 Å². The van der Waals surface area contributed by atoms with E-state index in [1.807, 2.05) is 0 Å². The van der Waals surface area contributed by atoms with Crippen molar-refractivity contribution in [1.29, 1.82) is 0 Å². The Kier molecular flexibility index (Phi) is 56.1. The zero-order valence-corrected chi connectivity index (χ0v) is 46.2. The molecular weight excluding hydrogens is 852 g/mol. The molecule has 2 N–H and O–H groups in total. The van der Waals surface area contributed by atoms with Gasteiger partial charge in [0.05, 0.1) is 13.2 Å². The van der Waals surface area contributed by atoms with Crippen LogP contribution in [0.15, 0.2) is 0 Å². The number of hydrogen-bond donors (Lipinski definition) is 2. The summed E-state index contributed by atoms with van der Waals surface area (Å²) in [5, 5.41) is 0. The Balaban J connectivity index is 3.54. The summed E-state index contributed by atoms with van der Waals surface area (Å²) in [6, 6.07) is 0. The van der Waals surface area contributed by atoms with Gasteiger partial charge in [0.1, 0.15) is 6.10 Å². The molecule has 8 heteroatoms. The zero-order valence-electron chi connectivity index (χ0n) is 45.4. The summed E-state index contributed by atoms with van der Waals surface area (Å²) in [5.41, 5.74) is 0. The van der Waals surface area contributed by atoms with Gasteiger partial charge in [-0.3, -0.25) is 9.32 Å². The lowest BCUT2D eigenvalue weighted by molar-refractivity contribution is -0.154. The molecular formula is C59H119O7P. The Bertz CT molecular complexity index is 989. The molecule has 0 rings (SSSR count). The van der Waals surface area contributed by atoms with Crippen molar-refractivity contribution in [2.45, 2.75) is 354 Å². The van der Waals surface area contributed by atoms with Crippen LogP contribution >= 0.6 is 7.82 Å². The van der Waals surface area contributed by atoms with Gasteiger partial charge in [-0.1, -0.05) is 328 Å². The number of hydrogen-bond acceptors (Lipinski definition) is 5. The smallest absolute Gasteiger partial charge is 0.457 e. The second kappa shape index (κ2) is 56.5. The van der Waals surface area contributed by atoms with Crippen molar-refractivity contribution in [2.75, 3.05) is 19.8 Å². The number of rotatable bonds is 59. The second-order valence-corrected chi connectivity index (χ2v) is 22.3.